The molecule has 0 saturated heterocycles. The number of rotatable bonds is 3. The molecule has 2 aliphatic rings. The van der Waals surface area contributed by atoms with Crippen LogP contribution in [0.2, 0.25) is 0 Å². The van der Waals surface area contributed by atoms with Gasteiger partial charge in [0.2, 0.25) is 0 Å². The maximum absolute atomic E-state index is 3.23. The summed E-state index contributed by atoms with van der Waals surface area (Å²) in [6.45, 7) is 6.63. The average Bonchev–Trinajstić information content (AvgIpc) is 3.27. The van der Waals surface area contributed by atoms with Crippen molar-refractivity contribution in [2.75, 3.05) is 0 Å². The molecular weight excluding hydrogens is 462 g/mol. The van der Waals surface area contributed by atoms with Gasteiger partial charge in [0, 0.05) is 0 Å². The Labute approximate surface area is 203 Å². The number of benzene rings is 1. The molecule has 0 bridgehead atoms. The van der Waals surface area contributed by atoms with Crippen molar-refractivity contribution < 1.29 is 51.0 Å². The first-order chi connectivity index (χ1) is 12.2. The number of fused-ring (bicyclic) bond motifs is 1. The van der Waals surface area contributed by atoms with Crippen molar-refractivity contribution in [3.8, 4) is 0 Å². The summed E-state index contributed by atoms with van der Waals surface area (Å²) in [6, 6.07) is 15.7. The number of allylic oxidation sites excluding steroid dienone is 4. The van der Waals surface area contributed by atoms with E-state index in [1.807, 2.05) is 0 Å². The van der Waals surface area contributed by atoms with Crippen LogP contribution in [-0.2, 0) is 32.6 Å². The molecule has 2 aromatic rings. The largest absolute Gasteiger partial charge is 4.00 e. The summed E-state index contributed by atoms with van der Waals surface area (Å²) < 4.78 is 0. The molecule has 0 amide bonds. The molecule has 0 nitrogen and oxygen atoms in total. The SMILES string of the molecule is CCC1=C(CC)C[C-]=C1.Cc1cc2c([cH-]1)CCCC2c1ccccc1.[Cl-].[Cl-].[Zr+4]. The van der Waals surface area contributed by atoms with Crippen LogP contribution in [0, 0.1) is 13.0 Å². The molecular formula is C25H30Cl2Zr. The minimum atomic E-state index is 0. The van der Waals surface area contributed by atoms with Gasteiger partial charge in [-0.05, 0) is 5.92 Å². The van der Waals surface area contributed by atoms with Crippen LogP contribution in [0.5, 0.6) is 0 Å². The normalized spacial score (nSPS) is 16.8. The average molecular weight is 493 g/mol. The van der Waals surface area contributed by atoms with Crippen molar-refractivity contribution in [2.24, 2.45) is 0 Å². The molecule has 3 heteroatoms. The Balaban J connectivity index is 0.000000533. The molecule has 0 fully saturated rings. The zero-order valence-corrected chi connectivity index (χ0v) is 21.2. The predicted molar refractivity (Wildman–Crippen MR) is 108 cm³/mol. The fourth-order valence-electron chi connectivity index (χ4n) is 4.18. The molecule has 0 saturated carbocycles. The third-order valence-electron chi connectivity index (χ3n) is 5.53. The van der Waals surface area contributed by atoms with Crippen molar-refractivity contribution >= 4 is 0 Å². The Morgan fingerprint density at radius 1 is 1.07 bits per heavy atom. The Bertz CT molecular complexity index is 756. The molecule has 0 aliphatic heterocycles. The van der Waals surface area contributed by atoms with Crippen molar-refractivity contribution in [1.82, 2.24) is 0 Å². The second kappa shape index (κ2) is 13.7. The van der Waals surface area contributed by atoms with Crippen molar-refractivity contribution in [3.63, 3.8) is 0 Å². The zero-order chi connectivity index (χ0) is 17.6. The van der Waals surface area contributed by atoms with E-state index in [9.17, 15) is 0 Å². The van der Waals surface area contributed by atoms with Gasteiger partial charge in [0.15, 0.2) is 0 Å². The standard InChI is InChI=1S/C16H17.C9H13.2ClH.Zr/c1-12-10-14-8-5-9-15(16(14)11-12)13-6-3-2-4-7-13;1-3-8-6-5-7-9(8)4-2;;;/h2-4,6-7,10-11,15H,5,8-9H2,1H3;6H,3-4,7H2,1-2H3;2*1H;/q2*-1;;;+4/p-2. The van der Waals surface area contributed by atoms with E-state index < -0.39 is 0 Å². The van der Waals surface area contributed by atoms with Crippen LogP contribution in [0.3, 0.4) is 0 Å². The molecule has 2 aromatic carbocycles. The minimum absolute atomic E-state index is 0. The molecule has 1 atom stereocenters. The van der Waals surface area contributed by atoms with E-state index in [1.165, 1.54) is 48.8 Å². The van der Waals surface area contributed by atoms with Crippen LogP contribution in [0.15, 0.2) is 59.7 Å². The Morgan fingerprint density at radius 2 is 1.79 bits per heavy atom. The maximum atomic E-state index is 3.23. The third kappa shape index (κ3) is 6.79. The first-order valence-electron chi connectivity index (χ1n) is 9.81. The molecule has 4 rings (SSSR count). The Morgan fingerprint density at radius 3 is 2.39 bits per heavy atom. The molecule has 148 valence electrons. The molecule has 0 spiro atoms. The molecule has 2 aliphatic carbocycles. The van der Waals surface area contributed by atoms with Crippen molar-refractivity contribution in [3.05, 3.63) is 88.0 Å². The van der Waals surface area contributed by atoms with E-state index in [2.05, 4.69) is 75.4 Å². The number of hydrogen-bond donors (Lipinski definition) is 0. The van der Waals surface area contributed by atoms with E-state index >= 15 is 0 Å². The summed E-state index contributed by atoms with van der Waals surface area (Å²) in [5.41, 5.74) is 9.16. The fourth-order valence-corrected chi connectivity index (χ4v) is 4.18. The van der Waals surface area contributed by atoms with Gasteiger partial charge in [-0.2, -0.15) is 33.9 Å². The molecule has 28 heavy (non-hydrogen) atoms. The van der Waals surface area contributed by atoms with E-state index in [1.54, 1.807) is 16.7 Å². The Hall–Kier alpha value is -0.487. The van der Waals surface area contributed by atoms with Gasteiger partial charge >= 0.3 is 26.2 Å². The van der Waals surface area contributed by atoms with Gasteiger partial charge in [-0.25, -0.2) is 12.1 Å². The van der Waals surface area contributed by atoms with Gasteiger partial charge in [0.05, 0.1) is 0 Å². The van der Waals surface area contributed by atoms with E-state index in [0.717, 1.165) is 6.42 Å². The summed E-state index contributed by atoms with van der Waals surface area (Å²) in [5, 5.41) is 0. The quantitative estimate of drug-likeness (QED) is 0.563. The molecule has 0 heterocycles. The predicted octanol–water partition coefficient (Wildman–Crippen LogP) is 1.05. The summed E-state index contributed by atoms with van der Waals surface area (Å²) in [6.07, 6.45) is 12.7. The topological polar surface area (TPSA) is 0 Å². The third-order valence-corrected chi connectivity index (χ3v) is 5.53. The zero-order valence-electron chi connectivity index (χ0n) is 17.2. The van der Waals surface area contributed by atoms with Crippen LogP contribution >= 0.6 is 0 Å². The second-order valence-corrected chi connectivity index (χ2v) is 7.23. The molecule has 0 N–H and O–H groups in total. The molecule has 0 aromatic heterocycles. The van der Waals surface area contributed by atoms with Crippen molar-refractivity contribution in [1.29, 1.82) is 0 Å². The van der Waals surface area contributed by atoms with Crippen molar-refractivity contribution in [2.45, 2.75) is 65.2 Å². The van der Waals surface area contributed by atoms with Gasteiger partial charge < -0.3 is 24.8 Å². The van der Waals surface area contributed by atoms with Gasteiger partial charge in [0.1, 0.15) is 0 Å². The van der Waals surface area contributed by atoms with Crippen LogP contribution in [0.4, 0.5) is 0 Å². The van der Waals surface area contributed by atoms with Crippen LogP contribution < -0.4 is 24.8 Å². The maximum Gasteiger partial charge on any atom is 4.00 e. The van der Waals surface area contributed by atoms with E-state index in [4.69, 9.17) is 0 Å². The van der Waals surface area contributed by atoms with E-state index in [0.29, 0.717) is 5.92 Å². The van der Waals surface area contributed by atoms with E-state index in [-0.39, 0.29) is 51.0 Å². The number of aryl methyl sites for hydroxylation is 2. The first kappa shape index (κ1) is 27.5. The summed E-state index contributed by atoms with van der Waals surface area (Å²) >= 11 is 0. The molecule has 0 radical (unpaired) electrons. The second-order valence-electron chi connectivity index (χ2n) is 7.23. The van der Waals surface area contributed by atoms with Crippen LogP contribution in [0.1, 0.15) is 74.1 Å². The smallest absolute Gasteiger partial charge is 1.00 e. The summed E-state index contributed by atoms with van der Waals surface area (Å²) in [5.74, 6) is 0.638. The monoisotopic (exact) mass is 490 g/mol. The van der Waals surface area contributed by atoms with Crippen LogP contribution in [-0.4, -0.2) is 0 Å². The minimum Gasteiger partial charge on any atom is -1.00 e. The van der Waals surface area contributed by atoms with Gasteiger partial charge in [-0.3, -0.25) is 6.08 Å². The van der Waals surface area contributed by atoms with Crippen LogP contribution in [0.25, 0.3) is 0 Å². The van der Waals surface area contributed by atoms with Gasteiger partial charge in [-0.15, -0.1) is 6.42 Å². The first-order valence-corrected chi connectivity index (χ1v) is 9.81. The number of hydrogen-bond acceptors (Lipinski definition) is 0. The number of halogens is 2. The van der Waals surface area contributed by atoms with Gasteiger partial charge in [0.25, 0.3) is 0 Å². The summed E-state index contributed by atoms with van der Waals surface area (Å²) in [4.78, 5) is 0. The van der Waals surface area contributed by atoms with Gasteiger partial charge in [-0.1, -0.05) is 88.8 Å². The molecule has 1 unspecified atom stereocenters. The fraction of sp³-hybridized carbons (Fsp3) is 0.400. The Kier molecular flexibility index (Phi) is 13.4. The summed E-state index contributed by atoms with van der Waals surface area (Å²) in [7, 11) is 0.